The van der Waals surface area contributed by atoms with Gasteiger partial charge in [0.1, 0.15) is 0 Å². The summed E-state index contributed by atoms with van der Waals surface area (Å²) in [6.07, 6.45) is -2.74. The molecular weight excluding hydrogens is 259 g/mol. The maximum Gasteiger partial charge on any atom is 0.278 e. The van der Waals surface area contributed by atoms with Crippen molar-refractivity contribution in [3.8, 4) is 0 Å². The molecule has 0 aliphatic heterocycles. The lowest BCUT2D eigenvalue weighted by Gasteiger charge is -2.05. The first-order valence-electron chi connectivity index (χ1n) is 4.29. The Labute approximate surface area is 98.8 Å². The van der Waals surface area contributed by atoms with Crippen LogP contribution in [-0.2, 0) is 0 Å². The van der Waals surface area contributed by atoms with Crippen LogP contribution in [0.5, 0.6) is 0 Å². The smallest absolute Gasteiger partial charge is 0.278 e. The van der Waals surface area contributed by atoms with Crippen LogP contribution in [0.25, 0.3) is 10.9 Å². The van der Waals surface area contributed by atoms with Crippen LogP contribution in [0.3, 0.4) is 0 Å². The zero-order chi connectivity index (χ0) is 11.9. The van der Waals surface area contributed by atoms with Gasteiger partial charge in [0.15, 0.2) is 5.43 Å². The maximum atomic E-state index is 12.4. The van der Waals surface area contributed by atoms with Crippen LogP contribution < -0.4 is 5.43 Å². The number of halogens is 4. The van der Waals surface area contributed by atoms with Gasteiger partial charge in [0.05, 0.1) is 21.6 Å². The van der Waals surface area contributed by atoms with E-state index in [1.54, 1.807) is 0 Å². The number of benzene rings is 1. The summed E-state index contributed by atoms with van der Waals surface area (Å²) in [5.41, 5.74) is -0.790. The molecule has 0 saturated carbocycles. The fraction of sp³-hybridized carbons (Fsp3) is 0.100. The van der Waals surface area contributed by atoms with E-state index in [-0.39, 0.29) is 20.9 Å². The Morgan fingerprint density at radius 3 is 2.50 bits per heavy atom. The van der Waals surface area contributed by atoms with E-state index >= 15 is 0 Å². The van der Waals surface area contributed by atoms with Crippen LogP contribution in [0.15, 0.2) is 23.0 Å². The molecule has 2 nitrogen and oxygen atoms in total. The normalized spacial score (nSPS) is 11.3. The van der Waals surface area contributed by atoms with Gasteiger partial charge in [-0.1, -0.05) is 23.2 Å². The summed E-state index contributed by atoms with van der Waals surface area (Å²) < 4.78 is 24.9. The Hall–Kier alpha value is -1.13. The molecule has 0 saturated heterocycles. The van der Waals surface area contributed by atoms with Crippen LogP contribution in [0.4, 0.5) is 8.78 Å². The average Bonchev–Trinajstić information content (AvgIpc) is 2.15. The number of alkyl halides is 2. The van der Waals surface area contributed by atoms with E-state index in [1.807, 2.05) is 0 Å². The van der Waals surface area contributed by atoms with E-state index in [0.29, 0.717) is 0 Å². The Bertz CT molecular complexity index is 610. The minimum atomic E-state index is -2.74. The third kappa shape index (κ3) is 1.90. The van der Waals surface area contributed by atoms with Crippen molar-refractivity contribution in [2.75, 3.05) is 0 Å². The first-order valence-corrected chi connectivity index (χ1v) is 5.05. The van der Waals surface area contributed by atoms with Crippen LogP contribution >= 0.6 is 23.2 Å². The second-order valence-electron chi connectivity index (χ2n) is 3.20. The molecule has 84 valence electrons. The zero-order valence-electron chi connectivity index (χ0n) is 7.73. The monoisotopic (exact) mass is 263 g/mol. The first-order chi connectivity index (χ1) is 7.49. The van der Waals surface area contributed by atoms with Crippen molar-refractivity contribution in [2.45, 2.75) is 6.43 Å². The zero-order valence-corrected chi connectivity index (χ0v) is 9.24. The number of fused-ring (bicyclic) bond motifs is 1. The Morgan fingerprint density at radius 1 is 1.19 bits per heavy atom. The van der Waals surface area contributed by atoms with Gasteiger partial charge in [-0.2, -0.15) is 0 Å². The van der Waals surface area contributed by atoms with E-state index in [4.69, 9.17) is 23.2 Å². The Kier molecular flexibility index (Phi) is 2.86. The highest BCUT2D eigenvalue weighted by Crippen LogP contribution is 2.26. The van der Waals surface area contributed by atoms with Crippen molar-refractivity contribution in [3.05, 3.63) is 44.2 Å². The van der Waals surface area contributed by atoms with Gasteiger partial charge in [0.2, 0.25) is 0 Å². The lowest BCUT2D eigenvalue weighted by molar-refractivity contribution is 0.146. The lowest BCUT2D eigenvalue weighted by Crippen LogP contribution is -2.06. The number of hydrogen-bond acceptors (Lipinski definition) is 1. The largest absolute Gasteiger partial charge is 0.353 e. The maximum absolute atomic E-state index is 12.4. The molecule has 0 amide bonds. The topological polar surface area (TPSA) is 32.9 Å². The third-order valence-electron chi connectivity index (χ3n) is 2.10. The van der Waals surface area contributed by atoms with Crippen LogP contribution in [0.2, 0.25) is 10.0 Å². The summed E-state index contributed by atoms with van der Waals surface area (Å²) in [6.45, 7) is 0. The molecule has 6 heteroatoms. The molecule has 0 unspecified atom stereocenters. The number of hydrogen-bond donors (Lipinski definition) is 1. The number of H-pyrrole nitrogens is 1. The summed E-state index contributed by atoms with van der Waals surface area (Å²) in [7, 11) is 0. The van der Waals surface area contributed by atoms with Crippen molar-refractivity contribution >= 4 is 34.1 Å². The molecule has 1 N–H and O–H groups in total. The van der Waals surface area contributed by atoms with Gasteiger partial charge in [0, 0.05) is 11.1 Å². The molecule has 0 radical (unpaired) electrons. The summed E-state index contributed by atoms with van der Waals surface area (Å²) in [5.74, 6) is 0. The van der Waals surface area contributed by atoms with Crippen LogP contribution in [-0.4, -0.2) is 4.98 Å². The van der Waals surface area contributed by atoms with Gasteiger partial charge in [-0.15, -0.1) is 0 Å². The predicted octanol–water partition coefficient (Wildman–Crippen LogP) is 3.77. The van der Waals surface area contributed by atoms with Crippen molar-refractivity contribution < 1.29 is 8.78 Å². The van der Waals surface area contributed by atoms with Gasteiger partial charge in [-0.05, 0) is 12.1 Å². The van der Waals surface area contributed by atoms with E-state index in [1.165, 1.54) is 12.1 Å². The standard InChI is InChI=1S/C10H5Cl2F2NO/c11-4-1-5(12)9-6(2-4)15-7(10(13)14)3-8(9)16/h1-3,10H,(H,15,16). The van der Waals surface area contributed by atoms with Gasteiger partial charge in [0.25, 0.3) is 6.43 Å². The van der Waals surface area contributed by atoms with Gasteiger partial charge in [-0.25, -0.2) is 8.78 Å². The van der Waals surface area contributed by atoms with E-state index in [2.05, 4.69) is 4.98 Å². The molecule has 0 bridgehead atoms. The van der Waals surface area contributed by atoms with Crippen LogP contribution in [0, 0.1) is 0 Å². The number of pyridine rings is 1. The molecule has 16 heavy (non-hydrogen) atoms. The molecule has 1 aromatic heterocycles. The highest BCUT2D eigenvalue weighted by atomic mass is 35.5. The summed E-state index contributed by atoms with van der Waals surface area (Å²) in [4.78, 5) is 14.0. The first kappa shape index (κ1) is 11.4. The Morgan fingerprint density at radius 2 is 1.88 bits per heavy atom. The minimum absolute atomic E-state index is 0.143. The molecule has 2 aromatic rings. The summed E-state index contributed by atoms with van der Waals surface area (Å²) in [5, 5.41) is 0.583. The fourth-order valence-electron chi connectivity index (χ4n) is 1.45. The van der Waals surface area contributed by atoms with Gasteiger partial charge < -0.3 is 4.98 Å². The molecule has 2 rings (SSSR count). The van der Waals surface area contributed by atoms with Gasteiger partial charge in [-0.3, -0.25) is 4.79 Å². The molecule has 1 heterocycles. The van der Waals surface area contributed by atoms with Crippen molar-refractivity contribution in [1.82, 2.24) is 4.98 Å². The quantitative estimate of drug-likeness (QED) is 0.835. The number of rotatable bonds is 1. The van der Waals surface area contributed by atoms with Crippen molar-refractivity contribution in [1.29, 1.82) is 0 Å². The molecule has 0 fully saturated rings. The predicted molar refractivity (Wildman–Crippen MR) is 59.5 cm³/mol. The molecule has 0 aliphatic carbocycles. The van der Waals surface area contributed by atoms with Crippen molar-refractivity contribution in [2.24, 2.45) is 0 Å². The number of aromatic nitrogens is 1. The van der Waals surface area contributed by atoms with Crippen molar-refractivity contribution in [3.63, 3.8) is 0 Å². The molecule has 0 spiro atoms. The second kappa shape index (κ2) is 4.03. The lowest BCUT2D eigenvalue weighted by atomic mass is 10.2. The third-order valence-corrected chi connectivity index (χ3v) is 2.62. The number of aromatic amines is 1. The molecule has 0 aliphatic rings. The van der Waals surface area contributed by atoms with E-state index in [0.717, 1.165) is 6.07 Å². The minimum Gasteiger partial charge on any atom is -0.353 e. The summed E-state index contributed by atoms with van der Waals surface area (Å²) in [6, 6.07) is 3.62. The van der Waals surface area contributed by atoms with E-state index < -0.39 is 17.5 Å². The SMILES string of the molecule is O=c1cc(C(F)F)[nH]c2cc(Cl)cc(Cl)c12. The highest BCUT2D eigenvalue weighted by Gasteiger charge is 2.12. The van der Waals surface area contributed by atoms with Gasteiger partial charge >= 0.3 is 0 Å². The number of nitrogens with one attached hydrogen (secondary N) is 1. The van der Waals surface area contributed by atoms with E-state index in [9.17, 15) is 13.6 Å². The molecular formula is C10H5Cl2F2NO. The van der Waals surface area contributed by atoms with Crippen LogP contribution in [0.1, 0.15) is 12.1 Å². The molecule has 1 aromatic carbocycles. The second-order valence-corrected chi connectivity index (χ2v) is 4.04. The highest BCUT2D eigenvalue weighted by molar-refractivity contribution is 6.38. The summed E-state index contributed by atoms with van der Waals surface area (Å²) >= 11 is 11.5. The average molecular weight is 264 g/mol. The molecule has 0 atom stereocenters. The fourth-order valence-corrected chi connectivity index (χ4v) is 2.03. The Balaban J connectivity index is 2.87.